The van der Waals surface area contributed by atoms with Crippen LogP contribution in [0, 0.1) is 10.1 Å². The third-order valence-electron chi connectivity index (χ3n) is 4.81. The maximum atomic E-state index is 12.9. The molecule has 0 saturated carbocycles. The van der Waals surface area contributed by atoms with Crippen LogP contribution in [0.5, 0.6) is 0 Å². The number of piperazine rings is 1. The summed E-state index contributed by atoms with van der Waals surface area (Å²) in [6.45, 7) is 1.13. The predicted octanol–water partition coefficient (Wildman–Crippen LogP) is 4.76. The summed E-state index contributed by atoms with van der Waals surface area (Å²) in [5.74, 6) is -0.477. The molecule has 0 radical (unpaired) electrons. The third kappa shape index (κ3) is 5.40. The molecule has 1 aliphatic heterocycles. The Kier molecular flexibility index (Phi) is 7.11. The topological polar surface area (TPSA) is 78.7 Å². The number of thiocarbonyl (C=S) groups is 1. The highest BCUT2D eigenvalue weighted by atomic mass is 35.5. The van der Waals surface area contributed by atoms with Gasteiger partial charge in [-0.25, -0.2) is 0 Å². The molecule has 32 heavy (non-hydrogen) atoms. The Labute approximate surface area is 195 Å². The molecule has 1 heterocycles. The van der Waals surface area contributed by atoms with E-state index in [0.29, 0.717) is 24.2 Å². The second-order valence-corrected chi connectivity index (χ2v) is 8.02. The number of nitro groups is 1. The Balaban J connectivity index is 1.65. The van der Waals surface area contributed by atoms with E-state index in [4.69, 9.17) is 35.4 Å². The predicted molar refractivity (Wildman–Crippen MR) is 118 cm³/mol. The van der Waals surface area contributed by atoms with Crippen LogP contribution >= 0.6 is 35.4 Å². The summed E-state index contributed by atoms with van der Waals surface area (Å²) in [6, 6.07) is 6.83. The van der Waals surface area contributed by atoms with Gasteiger partial charge in [0.15, 0.2) is 5.11 Å². The summed E-state index contributed by atoms with van der Waals surface area (Å²) in [6.07, 6.45) is -4.68. The van der Waals surface area contributed by atoms with Crippen LogP contribution in [-0.2, 0) is 6.18 Å². The molecule has 1 saturated heterocycles. The smallest absolute Gasteiger partial charge is 0.362 e. The lowest BCUT2D eigenvalue weighted by molar-refractivity contribution is -0.384. The lowest BCUT2D eigenvalue weighted by atomic mass is 10.1. The van der Waals surface area contributed by atoms with Crippen LogP contribution in [0.4, 0.5) is 24.5 Å². The van der Waals surface area contributed by atoms with Gasteiger partial charge in [0.1, 0.15) is 5.69 Å². The number of hydrogen-bond acceptors (Lipinski definition) is 5. The van der Waals surface area contributed by atoms with Gasteiger partial charge in [-0.05, 0) is 42.5 Å². The van der Waals surface area contributed by atoms with Crippen LogP contribution in [0.15, 0.2) is 36.4 Å². The number of carbonyl (C=O) groups excluding carboxylic acids is 1. The first-order valence-corrected chi connectivity index (χ1v) is 10.3. The maximum absolute atomic E-state index is 12.9. The van der Waals surface area contributed by atoms with E-state index in [0.717, 1.165) is 12.1 Å². The highest BCUT2D eigenvalue weighted by Gasteiger charge is 2.34. The zero-order valence-electron chi connectivity index (χ0n) is 16.2. The van der Waals surface area contributed by atoms with E-state index in [1.807, 2.05) is 0 Å². The van der Waals surface area contributed by atoms with E-state index >= 15 is 0 Å². The van der Waals surface area contributed by atoms with Gasteiger partial charge in [0.05, 0.1) is 20.5 Å². The molecular formula is C19H15Cl2F3N4O3S. The molecule has 0 aliphatic carbocycles. The number of anilines is 1. The normalized spacial score (nSPS) is 14.3. The van der Waals surface area contributed by atoms with Gasteiger partial charge in [-0.15, -0.1) is 0 Å². The van der Waals surface area contributed by atoms with Crippen LogP contribution in [0.2, 0.25) is 10.0 Å². The van der Waals surface area contributed by atoms with Gasteiger partial charge < -0.3 is 9.80 Å². The van der Waals surface area contributed by atoms with Crippen LogP contribution in [0.1, 0.15) is 15.9 Å². The van der Waals surface area contributed by atoms with Gasteiger partial charge in [0.25, 0.3) is 11.6 Å². The summed E-state index contributed by atoms with van der Waals surface area (Å²) < 4.78 is 38.7. The lowest BCUT2D eigenvalue weighted by Crippen LogP contribution is -2.52. The van der Waals surface area contributed by atoms with E-state index < -0.39 is 28.3 Å². The van der Waals surface area contributed by atoms with Crippen LogP contribution in [-0.4, -0.2) is 47.0 Å². The van der Waals surface area contributed by atoms with E-state index in [9.17, 15) is 28.1 Å². The van der Waals surface area contributed by atoms with Crippen molar-refractivity contribution in [3.8, 4) is 0 Å². The number of nitro benzene ring substituents is 1. The van der Waals surface area contributed by atoms with Crippen molar-refractivity contribution < 1.29 is 22.9 Å². The standard InChI is InChI=1S/C19H15Cl2F3N4O3S/c20-13-3-1-11(9-14(13)21)17(29)25-18(32)27-7-5-26(6-8-27)15-4-2-12(19(22,23)24)10-16(15)28(30)31/h1-4,9-10H,5-8H2,(H,25,29,32). The second kappa shape index (κ2) is 9.47. The molecule has 3 rings (SSSR count). The number of rotatable bonds is 3. The Morgan fingerprint density at radius 1 is 1.06 bits per heavy atom. The fourth-order valence-electron chi connectivity index (χ4n) is 3.15. The van der Waals surface area contributed by atoms with Crippen molar-refractivity contribution in [3.63, 3.8) is 0 Å². The molecule has 7 nitrogen and oxygen atoms in total. The Morgan fingerprint density at radius 2 is 1.72 bits per heavy atom. The Bertz CT molecular complexity index is 1080. The van der Waals surface area contributed by atoms with Crippen molar-refractivity contribution in [2.45, 2.75) is 6.18 Å². The number of alkyl halides is 3. The SMILES string of the molecule is O=C(NC(=S)N1CCN(c2ccc(C(F)(F)F)cc2[N+](=O)[O-])CC1)c1ccc(Cl)c(Cl)c1. The molecule has 0 unspecified atom stereocenters. The maximum Gasteiger partial charge on any atom is 0.416 e. The average Bonchev–Trinajstić information content (AvgIpc) is 2.74. The van der Waals surface area contributed by atoms with Crippen LogP contribution in [0.25, 0.3) is 0 Å². The molecule has 0 atom stereocenters. The fraction of sp³-hybridized carbons (Fsp3) is 0.263. The molecule has 1 N–H and O–H groups in total. The number of carbonyl (C=O) groups is 1. The van der Waals surface area contributed by atoms with E-state index in [-0.39, 0.29) is 34.5 Å². The fourth-order valence-corrected chi connectivity index (χ4v) is 3.72. The monoisotopic (exact) mass is 506 g/mol. The molecule has 13 heteroatoms. The number of nitrogens with one attached hydrogen (secondary N) is 1. The highest BCUT2D eigenvalue weighted by molar-refractivity contribution is 7.80. The zero-order chi connectivity index (χ0) is 23.6. The third-order valence-corrected chi connectivity index (χ3v) is 5.91. The average molecular weight is 507 g/mol. The molecule has 2 aromatic rings. The minimum atomic E-state index is -4.68. The van der Waals surface area contributed by atoms with Crippen molar-refractivity contribution in [2.75, 3.05) is 31.1 Å². The molecule has 1 fully saturated rings. The highest BCUT2D eigenvalue weighted by Crippen LogP contribution is 2.36. The molecule has 170 valence electrons. The van der Waals surface area contributed by atoms with Gasteiger partial charge in [-0.2, -0.15) is 13.2 Å². The molecular weight excluding hydrogens is 492 g/mol. The van der Waals surface area contributed by atoms with Crippen molar-refractivity contribution in [2.24, 2.45) is 0 Å². The van der Waals surface area contributed by atoms with Gasteiger partial charge in [-0.1, -0.05) is 23.2 Å². The quantitative estimate of drug-likeness (QED) is 0.367. The summed E-state index contributed by atoms with van der Waals surface area (Å²) >= 11 is 17.0. The van der Waals surface area contributed by atoms with E-state index in [1.54, 1.807) is 9.80 Å². The van der Waals surface area contributed by atoms with Crippen LogP contribution in [0.3, 0.4) is 0 Å². The van der Waals surface area contributed by atoms with Gasteiger partial charge in [0, 0.05) is 37.8 Å². The Hall–Kier alpha value is -2.63. The minimum absolute atomic E-state index is 0.0911. The van der Waals surface area contributed by atoms with Crippen LogP contribution < -0.4 is 10.2 Å². The second-order valence-electron chi connectivity index (χ2n) is 6.82. The molecule has 2 aromatic carbocycles. The number of nitrogens with zero attached hydrogens (tertiary/aromatic N) is 3. The van der Waals surface area contributed by atoms with Gasteiger partial charge in [0.2, 0.25) is 0 Å². The van der Waals surface area contributed by atoms with Crippen molar-refractivity contribution in [1.29, 1.82) is 0 Å². The largest absolute Gasteiger partial charge is 0.416 e. The number of hydrogen-bond donors (Lipinski definition) is 1. The molecule has 0 spiro atoms. The summed E-state index contributed by atoms with van der Waals surface area (Å²) in [7, 11) is 0. The van der Waals surface area contributed by atoms with Crippen molar-refractivity contribution in [3.05, 3.63) is 67.7 Å². The van der Waals surface area contributed by atoms with Crippen molar-refractivity contribution in [1.82, 2.24) is 10.2 Å². The first-order valence-electron chi connectivity index (χ1n) is 9.13. The molecule has 0 aromatic heterocycles. The van der Waals surface area contributed by atoms with Crippen molar-refractivity contribution >= 4 is 57.8 Å². The zero-order valence-corrected chi connectivity index (χ0v) is 18.5. The first kappa shape index (κ1) is 24.0. The summed E-state index contributed by atoms with van der Waals surface area (Å²) in [4.78, 5) is 26.2. The lowest BCUT2D eigenvalue weighted by Gasteiger charge is -2.37. The Morgan fingerprint density at radius 3 is 2.28 bits per heavy atom. The number of halogens is 5. The molecule has 1 amide bonds. The number of amides is 1. The molecule has 0 bridgehead atoms. The first-order chi connectivity index (χ1) is 15.0. The number of benzene rings is 2. The van der Waals surface area contributed by atoms with E-state index in [1.165, 1.54) is 18.2 Å². The minimum Gasteiger partial charge on any atom is -0.362 e. The van der Waals surface area contributed by atoms with Gasteiger partial charge in [-0.3, -0.25) is 20.2 Å². The summed E-state index contributed by atoms with van der Waals surface area (Å²) in [5.41, 5.74) is -1.35. The van der Waals surface area contributed by atoms with Gasteiger partial charge >= 0.3 is 6.18 Å². The van der Waals surface area contributed by atoms with E-state index in [2.05, 4.69) is 5.32 Å². The molecule has 1 aliphatic rings. The summed E-state index contributed by atoms with van der Waals surface area (Å²) in [5, 5.41) is 14.6.